The number of halogens is 1. The van der Waals surface area contributed by atoms with Crippen LogP contribution in [0.1, 0.15) is 41.7 Å². The van der Waals surface area contributed by atoms with Gasteiger partial charge >= 0.3 is 0 Å². The second kappa shape index (κ2) is 6.91. The van der Waals surface area contributed by atoms with Gasteiger partial charge in [0.25, 0.3) is 0 Å². The topological polar surface area (TPSA) is 55.4 Å². The molecule has 0 atom stereocenters. The smallest absolute Gasteiger partial charge is 0.241 e. The Morgan fingerprint density at radius 1 is 1.11 bits per heavy atom. The van der Waals surface area contributed by atoms with Crippen LogP contribution < -0.4 is 9.46 Å². The van der Waals surface area contributed by atoms with Gasteiger partial charge in [-0.1, -0.05) is 18.2 Å². The molecular weight excluding hydrogens is 365 g/mol. The molecule has 1 aliphatic heterocycles. The largest absolute Gasteiger partial charge is 0.487 e. The summed E-state index contributed by atoms with van der Waals surface area (Å²) in [5.74, 6) is 0.483. The molecule has 0 saturated heterocycles. The number of fused-ring (bicyclic) bond motifs is 1. The van der Waals surface area contributed by atoms with Gasteiger partial charge < -0.3 is 4.74 Å². The molecule has 1 N–H and O–H groups in total. The van der Waals surface area contributed by atoms with Crippen molar-refractivity contribution in [3.8, 4) is 5.75 Å². The first-order chi connectivity index (χ1) is 12.5. The number of ether oxygens (including phenoxy) is 1. The lowest BCUT2D eigenvalue weighted by atomic mass is 9.94. The summed E-state index contributed by atoms with van der Waals surface area (Å²) in [5.41, 5.74) is 3.40. The Balaban J connectivity index is 1.89. The van der Waals surface area contributed by atoms with Crippen LogP contribution in [0.4, 0.5) is 4.39 Å². The summed E-state index contributed by atoms with van der Waals surface area (Å²) < 4.78 is 48.5. The molecular formula is C21H26FNO3S. The number of rotatable bonds is 5. The lowest BCUT2D eigenvalue weighted by Gasteiger charge is -2.19. The summed E-state index contributed by atoms with van der Waals surface area (Å²) in [7, 11) is -3.71. The minimum absolute atomic E-state index is 0.139. The summed E-state index contributed by atoms with van der Waals surface area (Å²) in [6, 6.07) is 6.41. The predicted molar refractivity (Wildman–Crippen MR) is 104 cm³/mol. The highest BCUT2D eigenvalue weighted by Gasteiger charge is 2.36. The average Bonchev–Trinajstić information content (AvgIpc) is 2.90. The van der Waals surface area contributed by atoms with E-state index in [1.807, 2.05) is 34.6 Å². The van der Waals surface area contributed by atoms with E-state index in [0.717, 1.165) is 22.4 Å². The fourth-order valence-electron chi connectivity index (χ4n) is 3.74. The van der Waals surface area contributed by atoms with Gasteiger partial charge in [-0.05, 0) is 69.4 Å². The van der Waals surface area contributed by atoms with Crippen molar-refractivity contribution in [3.05, 3.63) is 57.9 Å². The SMILES string of the molecule is Cc1c(C)c(S(=O)(=O)NCCc2ccccc2F)c(C)c2c1OC(C)(C)C2. The summed E-state index contributed by atoms with van der Waals surface area (Å²) in [5, 5.41) is 0. The minimum atomic E-state index is -3.71. The third kappa shape index (κ3) is 3.73. The van der Waals surface area contributed by atoms with E-state index in [-0.39, 0.29) is 18.0 Å². The highest BCUT2D eigenvalue weighted by Crippen LogP contribution is 2.43. The second-order valence-corrected chi connectivity index (χ2v) is 9.49. The summed E-state index contributed by atoms with van der Waals surface area (Å²) in [4.78, 5) is 0.314. The van der Waals surface area contributed by atoms with Gasteiger partial charge in [0, 0.05) is 18.5 Å². The van der Waals surface area contributed by atoms with Crippen molar-refractivity contribution < 1.29 is 17.5 Å². The molecule has 4 nitrogen and oxygen atoms in total. The Kier molecular flexibility index (Phi) is 5.08. The quantitative estimate of drug-likeness (QED) is 0.839. The molecule has 0 amide bonds. The van der Waals surface area contributed by atoms with Crippen LogP contribution in [0.3, 0.4) is 0 Å². The van der Waals surface area contributed by atoms with Crippen molar-refractivity contribution >= 4 is 10.0 Å². The van der Waals surface area contributed by atoms with E-state index in [0.29, 0.717) is 28.9 Å². The van der Waals surface area contributed by atoms with Gasteiger partial charge in [0.1, 0.15) is 17.2 Å². The maximum absolute atomic E-state index is 13.7. The van der Waals surface area contributed by atoms with Gasteiger partial charge in [-0.2, -0.15) is 0 Å². The van der Waals surface area contributed by atoms with Crippen LogP contribution in [0.15, 0.2) is 29.2 Å². The number of hydrogen-bond donors (Lipinski definition) is 1. The van der Waals surface area contributed by atoms with Crippen LogP contribution in [0, 0.1) is 26.6 Å². The van der Waals surface area contributed by atoms with Gasteiger partial charge in [0.15, 0.2) is 0 Å². The van der Waals surface area contributed by atoms with Gasteiger partial charge in [0.05, 0.1) is 4.90 Å². The lowest BCUT2D eigenvalue weighted by molar-refractivity contribution is 0.137. The summed E-state index contributed by atoms with van der Waals surface area (Å²) >= 11 is 0. The van der Waals surface area contributed by atoms with Crippen LogP contribution >= 0.6 is 0 Å². The maximum atomic E-state index is 13.7. The van der Waals surface area contributed by atoms with Crippen LogP contribution in [0.2, 0.25) is 0 Å². The molecule has 0 unspecified atom stereocenters. The van der Waals surface area contributed by atoms with E-state index < -0.39 is 10.0 Å². The first-order valence-electron chi connectivity index (χ1n) is 9.08. The third-order valence-electron chi connectivity index (χ3n) is 5.20. The lowest BCUT2D eigenvalue weighted by Crippen LogP contribution is -2.28. The van der Waals surface area contributed by atoms with Crippen molar-refractivity contribution in [1.29, 1.82) is 0 Å². The van der Waals surface area contributed by atoms with Crippen LogP contribution in [-0.4, -0.2) is 20.6 Å². The molecule has 6 heteroatoms. The van der Waals surface area contributed by atoms with E-state index >= 15 is 0 Å². The Bertz CT molecular complexity index is 997. The van der Waals surface area contributed by atoms with Crippen LogP contribution in [0.5, 0.6) is 5.75 Å². The predicted octanol–water partition coefficient (Wildman–Crippen LogP) is 3.99. The Morgan fingerprint density at radius 3 is 2.44 bits per heavy atom. The number of hydrogen-bond acceptors (Lipinski definition) is 3. The number of benzene rings is 2. The molecule has 2 aromatic carbocycles. The molecule has 0 aliphatic carbocycles. The van der Waals surface area contributed by atoms with E-state index in [1.54, 1.807) is 18.2 Å². The van der Waals surface area contributed by atoms with Crippen molar-refractivity contribution in [2.24, 2.45) is 0 Å². The average molecular weight is 392 g/mol. The Morgan fingerprint density at radius 2 is 1.78 bits per heavy atom. The molecule has 0 fully saturated rings. The standard InChI is InChI=1S/C21H26FNO3S/c1-13-14(2)20(15(3)17-12-21(4,5)26-19(13)17)27(24,25)23-11-10-16-8-6-7-9-18(16)22/h6-9,23H,10-12H2,1-5H3. The van der Waals surface area contributed by atoms with Crippen molar-refractivity contribution in [3.63, 3.8) is 0 Å². The molecule has 2 aromatic rings. The molecule has 0 spiro atoms. The molecule has 0 aromatic heterocycles. The Hall–Kier alpha value is -1.92. The summed E-state index contributed by atoms with van der Waals surface area (Å²) in [6.07, 6.45) is 0.969. The van der Waals surface area contributed by atoms with Crippen molar-refractivity contribution in [1.82, 2.24) is 4.72 Å². The molecule has 27 heavy (non-hydrogen) atoms. The molecule has 0 bridgehead atoms. The molecule has 3 rings (SSSR count). The van der Waals surface area contributed by atoms with E-state index in [9.17, 15) is 12.8 Å². The second-order valence-electron chi connectivity index (χ2n) is 7.79. The molecule has 146 valence electrons. The zero-order valence-electron chi connectivity index (χ0n) is 16.4. The summed E-state index contributed by atoms with van der Waals surface area (Å²) in [6.45, 7) is 9.68. The monoisotopic (exact) mass is 391 g/mol. The molecule has 0 radical (unpaired) electrons. The van der Waals surface area contributed by atoms with Gasteiger partial charge in [-0.15, -0.1) is 0 Å². The first kappa shape index (κ1) is 19.8. The van der Waals surface area contributed by atoms with Crippen LogP contribution in [-0.2, 0) is 22.9 Å². The zero-order chi connectivity index (χ0) is 20.0. The fraction of sp³-hybridized carbons (Fsp3) is 0.429. The van der Waals surface area contributed by atoms with E-state index in [1.165, 1.54) is 6.07 Å². The van der Waals surface area contributed by atoms with E-state index in [2.05, 4.69) is 4.72 Å². The highest BCUT2D eigenvalue weighted by atomic mass is 32.2. The number of sulfonamides is 1. The van der Waals surface area contributed by atoms with Crippen molar-refractivity contribution in [2.75, 3.05) is 6.54 Å². The fourth-order valence-corrected chi connectivity index (χ4v) is 5.34. The van der Waals surface area contributed by atoms with Gasteiger partial charge in [-0.25, -0.2) is 17.5 Å². The third-order valence-corrected chi connectivity index (χ3v) is 6.94. The zero-order valence-corrected chi connectivity index (χ0v) is 17.3. The van der Waals surface area contributed by atoms with Gasteiger partial charge in [0.2, 0.25) is 10.0 Å². The molecule has 1 aliphatic rings. The number of nitrogens with one attached hydrogen (secondary N) is 1. The molecule has 1 heterocycles. The van der Waals surface area contributed by atoms with Gasteiger partial charge in [-0.3, -0.25) is 0 Å². The van der Waals surface area contributed by atoms with Crippen LogP contribution in [0.25, 0.3) is 0 Å². The van der Waals surface area contributed by atoms with E-state index in [4.69, 9.17) is 4.74 Å². The normalized spacial score (nSPS) is 15.5. The highest BCUT2D eigenvalue weighted by molar-refractivity contribution is 7.89. The Labute approximate surface area is 160 Å². The molecule has 0 saturated carbocycles. The first-order valence-corrected chi connectivity index (χ1v) is 10.6. The minimum Gasteiger partial charge on any atom is -0.487 e. The maximum Gasteiger partial charge on any atom is 0.241 e. The van der Waals surface area contributed by atoms with Crippen molar-refractivity contribution in [2.45, 2.75) is 58.0 Å².